The largest absolute Gasteiger partial charge is 0.308 e. The maximum atomic E-state index is 14.9. The van der Waals surface area contributed by atoms with Crippen LogP contribution < -0.4 is 4.90 Å². The van der Waals surface area contributed by atoms with Crippen LogP contribution in [0, 0.1) is 20.8 Å². The normalized spacial score (nSPS) is 10.9. The molecule has 260 valence electrons. The van der Waals surface area contributed by atoms with E-state index in [2.05, 4.69) is 79.1 Å². The number of anilines is 1. The molecule has 0 saturated heterocycles. The first kappa shape index (κ1) is 34.9. The maximum Gasteiger partial charge on any atom is 0.267 e. The highest BCUT2D eigenvalue weighted by molar-refractivity contribution is 6.19. The van der Waals surface area contributed by atoms with E-state index in [4.69, 9.17) is 0 Å². The van der Waals surface area contributed by atoms with E-state index in [1.54, 1.807) is 0 Å². The molecule has 8 aromatic rings. The van der Waals surface area contributed by atoms with Gasteiger partial charge in [-0.05, 0) is 102 Å². The zero-order valence-electron chi connectivity index (χ0n) is 30.8. The smallest absolute Gasteiger partial charge is 0.267 e. The summed E-state index contributed by atoms with van der Waals surface area (Å²) in [5.74, 6) is -0.389. The molecule has 53 heavy (non-hydrogen) atoms. The van der Waals surface area contributed by atoms with E-state index in [0.29, 0.717) is 17.7 Å². The number of nitrogens with zero attached hydrogens (tertiary/aromatic N) is 2. The summed E-state index contributed by atoms with van der Waals surface area (Å²) in [6.07, 6.45) is 0.638. The van der Waals surface area contributed by atoms with Gasteiger partial charge in [0, 0.05) is 10.8 Å². The Morgan fingerprint density at radius 1 is 0.509 bits per heavy atom. The second-order valence-electron chi connectivity index (χ2n) is 13.2. The minimum atomic E-state index is -0.389. The minimum absolute atomic E-state index is 0.389. The van der Waals surface area contributed by atoms with E-state index < -0.39 is 0 Å². The highest BCUT2D eigenvalue weighted by Gasteiger charge is 2.26. The number of fused-ring (bicyclic) bond motifs is 3. The number of imide groups is 1. The fraction of sp³-hybridized carbons (Fsp3) is 0.102. The third kappa shape index (κ3) is 6.68. The molecule has 0 unspecified atom stereocenters. The minimum Gasteiger partial charge on any atom is -0.308 e. The SMILES string of the molecule is CC.Cc1cc(C)cc(-c2ccc3c(c2)c2ccccc2n3-c2cccc(C)c2C(=O)N(C=O)c2cc(-c3ccccc3)cc(-c3ccccc3)c2)c1. The quantitative estimate of drug-likeness (QED) is 0.156. The highest BCUT2D eigenvalue weighted by Crippen LogP contribution is 2.38. The molecule has 7 aromatic carbocycles. The van der Waals surface area contributed by atoms with Gasteiger partial charge in [0.2, 0.25) is 6.41 Å². The van der Waals surface area contributed by atoms with Crippen LogP contribution >= 0.6 is 0 Å². The lowest BCUT2D eigenvalue weighted by molar-refractivity contribution is -0.106. The van der Waals surface area contributed by atoms with Crippen molar-refractivity contribution in [3.8, 4) is 39.1 Å². The highest BCUT2D eigenvalue weighted by atomic mass is 16.2. The van der Waals surface area contributed by atoms with Crippen molar-refractivity contribution in [3.63, 3.8) is 0 Å². The van der Waals surface area contributed by atoms with E-state index in [1.807, 2.05) is 118 Å². The van der Waals surface area contributed by atoms with E-state index in [0.717, 1.165) is 60.9 Å². The summed E-state index contributed by atoms with van der Waals surface area (Å²) in [6, 6.07) is 53.3. The molecule has 0 aliphatic heterocycles. The summed E-state index contributed by atoms with van der Waals surface area (Å²) in [5.41, 5.74) is 13.0. The number of amides is 2. The van der Waals surface area contributed by atoms with E-state index in [9.17, 15) is 9.59 Å². The lowest BCUT2D eigenvalue weighted by atomic mass is 9.97. The fourth-order valence-corrected chi connectivity index (χ4v) is 7.36. The van der Waals surface area contributed by atoms with Crippen LogP contribution in [0.15, 0.2) is 158 Å². The number of aromatic nitrogens is 1. The summed E-state index contributed by atoms with van der Waals surface area (Å²) >= 11 is 0. The van der Waals surface area contributed by atoms with Gasteiger partial charge in [0.15, 0.2) is 0 Å². The summed E-state index contributed by atoms with van der Waals surface area (Å²) in [5, 5.41) is 2.19. The van der Waals surface area contributed by atoms with Crippen molar-refractivity contribution < 1.29 is 9.59 Å². The van der Waals surface area contributed by atoms with Crippen molar-refractivity contribution in [2.45, 2.75) is 34.6 Å². The second kappa shape index (κ2) is 15.0. The molecule has 0 fully saturated rings. The van der Waals surface area contributed by atoms with Crippen molar-refractivity contribution in [2.24, 2.45) is 0 Å². The molecule has 0 saturated carbocycles. The predicted octanol–water partition coefficient (Wildman–Crippen LogP) is 12.5. The van der Waals surface area contributed by atoms with Crippen LogP contribution in [0.3, 0.4) is 0 Å². The first-order valence-corrected chi connectivity index (χ1v) is 18.2. The number of rotatable bonds is 7. The van der Waals surface area contributed by atoms with E-state index in [-0.39, 0.29) is 5.91 Å². The number of para-hydroxylation sites is 1. The average molecular weight is 691 g/mol. The molecular weight excluding hydrogens is 649 g/mol. The van der Waals surface area contributed by atoms with Gasteiger partial charge in [0.25, 0.3) is 5.91 Å². The maximum absolute atomic E-state index is 14.9. The van der Waals surface area contributed by atoms with Gasteiger partial charge < -0.3 is 4.57 Å². The molecule has 1 heterocycles. The Hall–Kier alpha value is -6.52. The molecule has 0 aliphatic rings. The Labute approximate surface area is 311 Å². The van der Waals surface area contributed by atoms with Crippen molar-refractivity contribution in [2.75, 3.05) is 4.90 Å². The number of benzene rings is 7. The molecule has 0 spiro atoms. The first-order chi connectivity index (χ1) is 25.9. The van der Waals surface area contributed by atoms with Gasteiger partial charge in [-0.1, -0.05) is 140 Å². The third-order valence-corrected chi connectivity index (χ3v) is 9.67. The van der Waals surface area contributed by atoms with Gasteiger partial charge in [-0.15, -0.1) is 0 Å². The van der Waals surface area contributed by atoms with Crippen LogP contribution in [0.4, 0.5) is 5.69 Å². The summed E-state index contributed by atoms with van der Waals surface area (Å²) in [4.78, 5) is 29.2. The van der Waals surface area contributed by atoms with Crippen molar-refractivity contribution in [1.82, 2.24) is 4.57 Å². The third-order valence-electron chi connectivity index (χ3n) is 9.67. The molecule has 0 radical (unpaired) electrons. The summed E-state index contributed by atoms with van der Waals surface area (Å²) in [6.45, 7) is 10.2. The molecule has 0 atom stereocenters. The van der Waals surface area contributed by atoms with Crippen LogP contribution in [0.5, 0.6) is 0 Å². The Morgan fingerprint density at radius 2 is 1.08 bits per heavy atom. The lowest BCUT2D eigenvalue weighted by Gasteiger charge is -2.22. The van der Waals surface area contributed by atoms with Crippen molar-refractivity contribution in [3.05, 3.63) is 180 Å². The Kier molecular flexibility index (Phi) is 9.87. The molecular formula is C49H42N2O2. The van der Waals surface area contributed by atoms with Gasteiger partial charge >= 0.3 is 0 Å². The zero-order chi connectivity index (χ0) is 37.1. The topological polar surface area (TPSA) is 42.3 Å². The second-order valence-corrected chi connectivity index (χ2v) is 13.2. The van der Waals surface area contributed by atoms with Gasteiger partial charge in [-0.2, -0.15) is 0 Å². The lowest BCUT2D eigenvalue weighted by Crippen LogP contribution is -2.31. The van der Waals surface area contributed by atoms with Gasteiger partial charge in [-0.25, -0.2) is 4.90 Å². The Bertz CT molecular complexity index is 2520. The molecule has 1 aromatic heterocycles. The standard InChI is InChI=1S/C47H36N2O2.C2H6/c1-31-23-32(2)25-37(24-31)36-21-22-44-42(29-36)41-18-10-11-19-43(41)49(44)45-20-12-13-33(3)46(45)47(51)48(30-50)40-27-38(34-14-6-4-7-15-34)26-39(28-40)35-16-8-5-9-17-35;1-2/h4-30H,1-3H3;1-2H3. The zero-order valence-corrected chi connectivity index (χ0v) is 30.8. The van der Waals surface area contributed by atoms with Gasteiger partial charge in [0.05, 0.1) is 28.0 Å². The molecule has 8 rings (SSSR count). The van der Waals surface area contributed by atoms with Gasteiger partial charge in [-0.3, -0.25) is 9.59 Å². The van der Waals surface area contributed by atoms with Crippen LogP contribution in [0.25, 0.3) is 60.9 Å². The Morgan fingerprint density at radius 3 is 1.70 bits per heavy atom. The van der Waals surface area contributed by atoms with Crippen LogP contribution in [0.2, 0.25) is 0 Å². The predicted molar refractivity (Wildman–Crippen MR) is 222 cm³/mol. The van der Waals surface area contributed by atoms with E-state index in [1.165, 1.54) is 21.6 Å². The molecule has 0 N–H and O–H groups in total. The first-order valence-electron chi connectivity index (χ1n) is 18.2. The molecule has 4 heteroatoms. The van der Waals surface area contributed by atoms with E-state index >= 15 is 0 Å². The Balaban J connectivity index is 0.00000214. The number of carbonyl (C=O) groups excluding carboxylic acids is 2. The molecule has 2 amide bonds. The fourth-order valence-electron chi connectivity index (χ4n) is 7.36. The van der Waals surface area contributed by atoms with Crippen molar-refractivity contribution in [1.29, 1.82) is 0 Å². The van der Waals surface area contributed by atoms with Gasteiger partial charge in [0.1, 0.15) is 0 Å². The number of aryl methyl sites for hydroxylation is 3. The summed E-state index contributed by atoms with van der Waals surface area (Å²) < 4.78 is 2.16. The molecule has 0 bridgehead atoms. The average Bonchev–Trinajstić information content (AvgIpc) is 3.52. The number of hydrogen-bond acceptors (Lipinski definition) is 2. The molecule has 4 nitrogen and oxygen atoms in total. The monoisotopic (exact) mass is 690 g/mol. The number of hydrogen-bond donors (Lipinski definition) is 0. The van der Waals surface area contributed by atoms with Crippen LogP contribution in [-0.2, 0) is 4.79 Å². The van der Waals surface area contributed by atoms with Crippen LogP contribution in [0.1, 0.15) is 40.9 Å². The van der Waals surface area contributed by atoms with Crippen LogP contribution in [-0.4, -0.2) is 16.9 Å². The number of carbonyl (C=O) groups is 2. The van der Waals surface area contributed by atoms with Crippen molar-refractivity contribution >= 4 is 39.8 Å². The molecule has 0 aliphatic carbocycles. The summed E-state index contributed by atoms with van der Waals surface area (Å²) in [7, 11) is 0.